The molecule has 0 spiro atoms. The molecule has 1 atom stereocenters. The quantitative estimate of drug-likeness (QED) is 0.812. The standard InChI is InChI=1S/C15H22N4O2/c1-2-3-15-12-18(10-13-4-8-20-16-13)6-7-19(15)11-14-5-9-21-17-14/h4-5,8-9,15H,2-3,6-7,10-12H2,1H3. The number of piperazine rings is 1. The van der Waals surface area contributed by atoms with Crippen molar-refractivity contribution in [3.63, 3.8) is 0 Å². The molecule has 1 aliphatic rings. The summed E-state index contributed by atoms with van der Waals surface area (Å²) in [6.45, 7) is 7.15. The highest BCUT2D eigenvalue weighted by atomic mass is 16.5. The molecular formula is C15H22N4O2. The van der Waals surface area contributed by atoms with Gasteiger partial charge in [-0.25, -0.2) is 0 Å². The van der Waals surface area contributed by atoms with E-state index in [2.05, 4.69) is 27.0 Å². The fourth-order valence-corrected chi connectivity index (χ4v) is 2.99. The van der Waals surface area contributed by atoms with Gasteiger partial charge in [-0.15, -0.1) is 0 Å². The fourth-order valence-electron chi connectivity index (χ4n) is 2.99. The molecule has 0 saturated carbocycles. The second-order valence-electron chi connectivity index (χ2n) is 5.63. The molecule has 3 heterocycles. The van der Waals surface area contributed by atoms with Crippen LogP contribution in [0.1, 0.15) is 31.2 Å². The number of rotatable bonds is 6. The highest BCUT2D eigenvalue weighted by Crippen LogP contribution is 2.18. The van der Waals surface area contributed by atoms with Crippen molar-refractivity contribution in [3.8, 4) is 0 Å². The SMILES string of the molecule is CCCC1CN(Cc2ccon2)CCN1Cc1ccon1. The zero-order chi connectivity index (χ0) is 14.5. The van der Waals surface area contributed by atoms with Crippen LogP contribution in [0.15, 0.2) is 33.7 Å². The summed E-state index contributed by atoms with van der Waals surface area (Å²) in [6.07, 6.45) is 5.68. The topological polar surface area (TPSA) is 58.5 Å². The van der Waals surface area contributed by atoms with Gasteiger partial charge in [0.25, 0.3) is 0 Å². The minimum atomic E-state index is 0.562. The Morgan fingerprint density at radius 3 is 2.43 bits per heavy atom. The second-order valence-corrected chi connectivity index (χ2v) is 5.63. The van der Waals surface area contributed by atoms with Gasteiger partial charge < -0.3 is 9.05 Å². The van der Waals surface area contributed by atoms with Crippen LogP contribution in [0.4, 0.5) is 0 Å². The van der Waals surface area contributed by atoms with Gasteiger partial charge in [0.1, 0.15) is 12.5 Å². The molecule has 114 valence electrons. The minimum absolute atomic E-state index is 0.562. The lowest BCUT2D eigenvalue weighted by molar-refractivity contribution is 0.0564. The maximum atomic E-state index is 4.94. The Kier molecular flexibility index (Phi) is 4.67. The van der Waals surface area contributed by atoms with Gasteiger partial charge in [0, 0.05) is 50.9 Å². The van der Waals surface area contributed by atoms with Gasteiger partial charge >= 0.3 is 0 Å². The Morgan fingerprint density at radius 2 is 1.81 bits per heavy atom. The lowest BCUT2D eigenvalue weighted by atomic mass is 10.1. The summed E-state index contributed by atoms with van der Waals surface area (Å²) >= 11 is 0. The average molecular weight is 290 g/mol. The molecule has 1 fully saturated rings. The largest absolute Gasteiger partial charge is 0.364 e. The zero-order valence-electron chi connectivity index (χ0n) is 12.4. The third kappa shape index (κ3) is 3.71. The first-order valence-electron chi connectivity index (χ1n) is 7.60. The fraction of sp³-hybridized carbons (Fsp3) is 0.600. The van der Waals surface area contributed by atoms with E-state index in [9.17, 15) is 0 Å². The molecule has 6 nitrogen and oxygen atoms in total. The number of nitrogens with zero attached hydrogens (tertiary/aromatic N) is 4. The zero-order valence-corrected chi connectivity index (χ0v) is 12.4. The highest BCUT2D eigenvalue weighted by Gasteiger charge is 2.27. The van der Waals surface area contributed by atoms with E-state index >= 15 is 0 Å². The Balaban J connectivity index is 1.59. The summed E-state index contributed by atoms with van der Waals surface area (Å²) in [5.41, 5.74) is 2.02. The van der Waals surface area contributed by atoms with Crippen molar-refractivity contribution in [1.82, 2.24) is 20.1 Å². The number of aromatic nitrogens is 2. The molecule has 1 unspecified atom stereocenters. The van der Waals surface area contributed by atoms with E-state index in [-0.39, 0.29) is 0 Å². The lowest BCUT2D eigenvalue weighted by Gasteiger charge is -2.41. The van der Waals surface area contributed by atoms with E-state index in [1.807, 2.05) is 12.1 Å². The molecular weight excluding hydrogens is 268 g/mol. The molecule has 1 aliphatic heterocycles. The van der Waals surface area contributed by atoms with Crippen LogP contribution in [0, 0.1) is 0 Å². The van der Waals surface area contributed by atoms with Crippen molar-refractivity contribution in [2.45, 2.75) is 38.9 Å². The molecule has 0 aliphatic carbocycles. The van der Waals surface area contributed by atoms with Crippen molar-refractivity contribution >= 4 is 0 Å². The monoisotopic (exact) mass is 290 g/mol. The summed E-state index contributed by atoms with van der Waals surface area (Å²) in [7, 11) is 0. The molecule has 21 heavy (non-hydrogen) atoms. The average Bonchev–Trinajstić information content (AvgIpc) is 3.15. The Labute approximate surface area is 124 Å². The van der Waals surface area contributed by atoms with E-state index in [0.717, 1.165) is 44.1 Å². The Morgan fingerprint density at radius 1 is 1.10 bits per heavy atom. The van der Waals surface area contributed by atoms with Crippen LogP contribution in [-0.2, 0) is 13.1 Å². The van der Waals surface area contributed by atoms with Crippen molar-refractivity contribution in [3.05, 3.63) is 36.0 Å². The van der Waals surface area contributed by atoms with Gasteiger partial charge in [0.2, 0.25) is 0 Å². The summed E-state index contributed by atoms with van der Waals surface area (Å²) < 4.78 is 9.85. The first-order chi connectivity index (χ1) is 10.3. The van der Waals surface area contributed by atoms with E-state index in [1.54, 1.807) is 12.5 Å². The Hall–Kier alpha value is -1.66. The van der Waals surface area contributed by atoms with Gasteiger partial charge in [-0.2, -0.15) is 0 Å². The van der Waals surface area contributed by atoms with E-state index in [1.165, 1.54) is 12.8 Å². The van der Waals surface area contributed by atoms with Crippen LogP contribution in [0.3, 0.4) is 0 Å². The summed E-state index contributed by atoms with van der Waals surface area (Å²) in [6, 6.07) is 4.45. The molecule has 2 aromatic heterocycles. The first kappa shape index (κ1) is 14.3. The maximum Gasteiger partial charge on any atom is 0.124 e. The predicted molar refractivity (Wildman–Crippen MR) is 77.4 cm³/mol. The van der Waals surface area contributed by atoms with Gasteiger partial charge in [0.15, 0.2) is 0 Å². The third-order valence-electron chi connectivity index (χ3n) is 4.04. The minimum Gasteiger partial charge on any atom is -0.364 e. The molecule has 2 aromatic rings. The molecule has 0 radical (unpaired) electrons. The van der Waals surface area contributed by atoms with Crippen LogP contribution in [0.2, 0.25) is 0 Å². The summed E-state index contributed by atoms with van der Waals surface area (Å²) in [4.78, 5) is 4.97. The molecule has 0 bridgehead atoms. The first-order valence-corrected chi connectivity index (χ1v) is 7.60. The predicted octanol–water partition coefficient (Wildman–Crippen LogP) is 2.15. The van der Waals surface area contributed by atoms with Crippen LogP contribution >= 0.6 is 0 Å². The maximum absolute atomic E-state index is 4.94. The Bertz CT molecular complexity index is 512. The summed E-state index contributed by atoms with van der Waals surface area (Å²) in [5, 5.41) is 8.04. The molecule has 1 saturated heterocycles. The van der Waals surface area contributed by atoms with Crippen LogP contribution in [0.25, 0.3) is 0 Å². The van der Waals surface area contributed by atoms with Gasteiger partial charge in [0.05, 0.1) is 11.4 Å². The van der Waals surface area contributed by atoms with Gasteiger partial charge in [-0.3, -0.25) is 9.80 Å². The van der Waals surface area contributed by atoms with Crippen LogP contribution in [0.5, 0.6) is 0 Å². The molecule has 0 aromatic carbocycles. The van der Waals surface area contributed by atoms with Crippen LogP contribution < -0.4 is 0 Å². The van der Waals surface area contributed by atoms with Crippen molar-refractivity contribution < 1.29 is 9.05 Å². The van der Waals surface area contributed by atoms with Crippen molar-refractivity contribution in [1.29, 1.82) is 0 Å². The highest BCUT2D eigenvalue weighted by molar-refractivity contribution is 4.99. The van der Waals surface area contributed by atoms with E-state index in [4.69, 9.17) is 9.05 Å². The van der Waals surface area contributed by atoms with Crippen LogP contribution in [-0.4, -0.2) is 45.8 Å². The molecule has 0 N–H and O–H groups in total. The molecule has 3 rings (SSSR count). The molecule has 6 heteroatoms. The third-order valence-corrected chi connectivity index (χ3v) is 4.04. The summed E-state index contributed by atoms with van der Waals surface area (Å²) in [5.74, 6) is 0. The lowest BCUT2D eigenvalue weighted by Crippen LogP contribution is -2.52. The van der Waals surface area contributed by atoms with Gasteiger partial charge in [-0.1, -0.05) is 23.7 Å². The molecule has 0 amide bonds. The van der Waals surface area contributed by atoms with E-state index < -0.39 is 0 Å². The number of hydrogen-bond acceptors (Lipinski definition) is 6. The van der Waals surface area contributed by atoms with Crippen molar-refractivity contribution in [2.24, 2.45) is 0 Å². The van der Waals surface area contributed by atoms with E-state index in [0.29, 0.717) is 6.04 Å². The smallest absolute Gasteiger partial charge is 0.124 e. The van der Waals surface area contributed by atoms with Crippen molar-refractivity contribution in [2.75, 3.05) is 19.6 Å². The number of hydrogen-bond donors (Lipinski definition) is 0. The normalized spacial score (nSPS) is 20.9. The second kappa shape index (κ2) is 6.87. The van der Waals surface area contributed by atoms with Gasteiger partial charge in [-0.05, 0) is 6.42 Å².